The van der Waals surface area contributed by atoms with Crippen molar-refractivity contribution in [1.82, 2.24) is 4.90 Å². The molecule has 0 rings (SSSR count). The highest BCUT2D eigenvalue weighted by Crippen LogP contribution is 2.13. The predicted octanol–water partition coefficient (Wildman–Crippen LogP) is 4.91. The van der Waals surface area contributed by atoms with E-state index in [1.807, 2.05) is 4.90 Å². The Bertz CT molecular complexity index is 312. The SMILES string of the molecule is CCCCCCCCCCCCCCCCCCOCC(O)CN(CCO)CCO. The third-order valence-electron chi connectivity index (χ3n) is 5.75. The zero-order valence-corrected chi connectivity index (χ0v) is 20.0. The fraction of sp³-hybridized carbons (Fsp3) is 1.00. The minimum atomic E-state index is -0.566. The molecule has 0 bridgehead atoms. The smallest absolute Gasteiger partial charge is 0.0900 e. The van der Waals surface area contributed by atoms with Gasteiger partial charge in [-0.05, 0) is 6.42 Å². The summed E-state index contributed by atoms with van der Waals surface area (Å²) in [6, 6.07) is 0. The third kappa shape index (κ3) is 22.5. The Morgan fingerprint density at radius 3 is 1.43 bits per heavy atom. The van der Waals surface area contributed by atoms with Crippen LogP contribution in [-0.4, -0.2) is 72.4 Å². The summed E-state index contributed by atoms with van der Waals surface area (Å²) in [6.07, 6.45) is 21.2. The number of hydrogen-bond acceptors (Lipinski definition) is 5. The number of aliphatic hydroxyl groups is 3. The number of rotatable bonds is 25. The summed E-state index contributed by atoms with van der Waals surface area (Å²) in [7, 11) is 0. The van der Waals surface area contributed by atoms with Gasteiger partial charge in [-0.15, -0.1) is 0 Å². The summed E-state index contributed by atoms with van der Waals surface area (Å²) >= 11 is 0. The standard InChI is InChI=1S/C25H53NO4/c1-2-3-4-5-6-7-8-9-10-11-12-13-14-15-16-17-22-30-24-25(29)23-26(18-20-27)19-21-28/h25,27-29H,2-24H2,1H3. The van der Waals surface area contributed by atoms with E-state index in [9.17, 15) is 5.11 Å². The van der Waals surface area contributed by atoms with Gasteiger partial charge >= 0.3 is 0 Å². The lowest BCUT2D eigenvalue weighted by molar-refractivity contribution is 0.0103. The van der Waals surface area contributed by atoms with Crippen LogP contribution in [0.2, 0.25) is 0 Å². The maximum Gasteiger partial charge on any atom is 0.0900 e. The molecule has 0 aliphatic carbocycles. The molecule has 3 N–H and O–H groups in total. The van der Waals surface area contributed by atoms with E-state index >= 15 is 0 Å². The first kappa shape index (κ1) is 29.8. The van der Waals surface area contributed by atoms with Crippen LogP contribution in [-0.2, 0) is 4.74 Å². The maximum absolute atomic E-state index is 9.98. The van der Waals surface area contributed by atoms with E-state index in [-0.39, 0.29) is 13.2 Å². The van der Waals surface area contributed by atoms with Gasteiger partial charge in [-0.2, -0.15) is 0 Å². The number of aliphatic hydroxyl groups excluding tert-OH is 3. The fourth-order valence-corrected chi connectivity index (χ4v) is 3.90. The van der Waals surface area contributed by atoms with E-state index in [1.54, 1.807) is 0 Å². The number of hydrogen-bond donors (Lipinski definition) is 3. The quantitative estimate of drug-likeness (QED) is 0.179. The first-order valence-corrected chi connectivity index (χ1v) is 12.9. The molecule has 5 heteroatoms. The molecule has 0 radical (unpaired) electrons. The van der Waals surface area contributed by atoms with Gasteiger partial charge in [0.15, 0.2) is 0 Å². The summed E-state index contributed by atoms with van der Waals surface area (Å²) in [4.78, 5) is 1.85. The van der Waals surface area contributed by atoms with Crippen molar-refractivity contribution in [1.29, 1.82) is 0 Å². The highest BCUT2D eigenvalue weighted by Gasteiger charge is 2.11. The van der Waals surface area contributed by atoms with Crippen LogP contribution in [0, 0.1) is 0 Å². The van der Waals surface area contributed by atoms with Crippen LogP contribution in [0.5, 0.6) is 0 Å². The average molecular weight is 432 g/mol. The highest BCUT2D eigenvalue weighted by molar-refractivity contribution is 4.64. The van der Waals surface area contributed by atoms with Gasteiger partial charge in [-0.3, -0.25) is 4.90 Å². The van der Waals surface area contributed by atoms with Gasteiger partial charge in [0.2, 0.25) is 0 Å². The predicted molar refractivity (Wildman–Crippen MR) is 127 cm³/mol. The van der Waals surface area contributed by atoms with Gasteiger partial charge in [-0.25, -0.2) is 0 Å². The van der Waals surface area contributed by atoms with Gasteiger partial charge in [0.25, 0.3) is 0 Å². The van der Waals surface area contributed by atoms with E-state index in [4.69, 9.17) is 14.9 Å². The zero-order valence-electron chi connectivity index (χ0n) is 20.0. The van der Waals surface area contributed by atoms with E-state index in [2.05, 4.69) is 6.92 Å². The molecule has 0 aromatic rings. The second-order valence-electron chi connectivity index (χ2n) is 8.78. The van der Waals surface area contributed by atoms with Crippen LogP contribution >= 0.6 is 0 Å². The van der Waals surface area contributed by atoms with E-state index in [0.717, 1.165) is 6.42 Å². The van der Waals surface area contributed by atoms with Crippen LogP contribution < -0.4 is 0 Å². The Morgan fingerprint density at radius 1 is 0.633 bits per heavy atom. The van der Waals surface area contributed by atoms with Crippen LogP contribution in [0.3, 0.4) is 0 Å². The summed E-state index contributed by atoms with van der Waals surface area (Å²) in [5.41, 5.74) is 0. The highest BCUT2D eigenvalue weighted by atomic mass is 16.5. The second kappa shape index (κ2) is 25.1. The monoisotopic (exact) mass is 431 g/mol. The topological polar surface area (TPSA) is 73.2 Å². The van der Waals surface area contributed by atoms with Gasteiger partial charge in [0, 0.05) is 26.2 Å². The molecule has 0 spiro atoms. The first-order chi connectivity index (χ1) is 14.7. The van der Waals surface area contributed by atoms with Crippen LogP contribution in [0.15, 0.2) is 0 Å². The molecule has 0 aliphatic heterocycles. The minimum Gasteiger partial charge on any atom is -0.395 e. The van der Waals surface area contributed by atoms with Crippen molar-refractivity contribution in [3.8, 4) is 0 Å². The Hall–Kier alpha value is -0.200. The van der Waals surface area contributed by atoms with E-state index in [0.29, 0.717) is 32.8 Å². The van der Waals surface area contributed by atoms with Crippen molar-refractivity contribution in [3.63, 3.8) is 0 Å². The molecular formula is C25H53NO4. The maximum atomic E-state index is 9.98. The third-order valence-corrected chi connectivity index (χ3v) is 5.75. The molecule has 0 fully saturated rings. The molecule has 1 atom stereocenters. The fourth-order valence-electron chi connectivity index (χ4n) is 3.90. The summed E-state index contributed by atoms with van der Waals surface area (Å²) in [5.74, 6) is 0. The number of unbranched alkanes of at least 4 members (excludes halogenated alkanes) is 15. The van der Waals surface area contributed by atoms with Crippen molar-refractivity contribution in [2.75, 3.05) is 46.1 Å². The van der Waals surface area contributed by atoms with Crippen LogP contribution in [0.4, 0.5) is 0 Å². The molecule has 30 heavy (non-hydrogen) atoms. The largest absolute Gasteiger partial charge is 0.395 e. The van der Waals surface area contributed by atoms with Crippen molar-refractivity contribution in [2.24, 2.45) is 0 Å². The summed E-state index contributed by atoms with van der Waals surface area (Å²) in [6.45, 7) is 4.75. The lowest BCUT2D eigenvalue weighted by Crippen LogP contribution is -2.38. The van der Waals surface area contributed by atoms with Crippen LogP contribution in [0.25, 0.3) is 0 Å². The van der Waals surface area contributed by atoms with E-state index in [1.165, 1.54) is 96.3 Å². The Labute approximate surface area is 187 Å². The molecule has 0 amide bonds. The average Bonchev–Trinajstić information content (AvgIpc) is 2.73. The molecule has 0 aromatic carbocycles. The second-order valence-corrected chi connectivity index (χ2v) is 8.78. The molecule has 182 valence electrons. The molecule has 0 aromatic heterocycles. The summed E-state index contributed by atoms with van der Waals surface area (Å²) < 4.78 is 5.57. The Kier molecular flexibility index (Phi) is 24.9. The number of ether oxygens (including phenoxy) is 1. The van der Waals surface area contributed by atoms with E-state index < -0.39 is 6.10 Å². The molecule has 1 unspecified atom stereocenters. The van der Waals surface area contributed by atoms with Crippen molar-refractivity contribution in [2.45, 2.75) is 116 Å². The van der Waals surface area contributed by atoms with Gasteiger partial charge in [-0.1, -0.05) is 103 Å². The van der Waals surface area contributed by atoms with Crippen molar-refractivity contribution >= 4 is 0 Å². The lowest BCUT2D eigenvalue weighted by atomic mass is 10.0. The van der Waals surface area contributed by atoms with Gasteiger partial charge < -0.3 is 20.1 Å². The Morgan fingerprint density at radius 2 is 1.03 bits per heavy atom. The molecule has 5 nitrogen and oxygen atoms in total. The van der Waals surface area contributed by atoms with Crippen LogP contribution in [0.1, 0.15) is 110 Å². The van der Waals surface area contributed by atoms with Gasteiger partial charge in [0.05, 0.1) is 25.9 Å². The molecule has 0 saturated heterocycles. The normalized spacial score (nSPS) is 12.7. The zero-order chi connectivity index (χ0) is 22.1. The first-order valence-electron chi connectivity index (χ1n) is 12.9. The van der Waals surface area contributed by atoms with Crippen molar-refractivity contribution < 1.29 is 20.1 Å². The lowest BCUT2D eigenvalue weighted by Gasteiger charge is -2.23. The summed E-state index contributed by atoms with van der Waals surface area (Å²) in [5, 5.41) is 27.9. The number of nitrogens with zero attached hydrogens (tertiary/aromatic N) is 1. The van der Waals surface area contributed by atoms with Crippen molar-refractivity contribution in [3.05, 3.63) is 0 Å². The molecule has 0 saturated carbocycles. The molecule has 0 heterocycles. The van der Waals surface area contributed by atoms with Gasteiger partial charge in [0.1, 0.15) is 0 Å². The Balaban J connectivity index is 3.24. The molecule has 0 aliphatic rings. The molecular weight excluding hydrogens is 378 g/mol. The minimum absolute atomic E-state index is 0.0345.